The van der Waals surface area contributed by atoms with Gasteiger partial charge in [-0.1, -0.05) is 24.3 Å². The zero-order valence-electron chi connectivity index (χ0n) is 9.65. The Bertz CT molecular complexity index is 530. The van der Waals surface area contributed by atoms with Gasteiger partial charge >= 0.3 is 6.03 Å². The molecule has 0 aliphatic heterocycles. The van der Waals surface area contributed by atoms with Crippen LogP contribution in [0.3, 0.4) is 0 Å². The van der Waals surface area contributed by atoms with Crippen molar-refractivity contribution in [1.29, 1.82) is 0 Å². The summed E-state index contributed by atoms with van der Waals surface area (Å²) in [6.07, 6.45) is 6.96. The van der Waals surface area contributed by atoms with Gasteiger partial charge in [-0.05, 0) is 11.1 Å². The van der Waals surface area contributed by atoms with Crippen LogP contribution in [0.5, 0.6) is 0 Å². The largest absolute Gasteiger partial charge is 0.350 e. The third-order valence-electron chi connectivity index (χ3n) is 2.29. The molecule has 3 N–H and O–H groups in total. The lowest BCUT2D eigenvalue weighted by molar-refractivity contribution is 0.249. The maximum atomic E-state index is 10.4. The van der Waals surface area contributed by atoms with Gasteiger partial charge in [-0.3, -0.25) is 0 Å². The van der Waals surface area contributed by atoms with E-state index in [4.69, 9.17) is 5.73 Å². The van der Waals surface area contributed by atoms with Crippen molar-refractivity contribution in [2.45, 2.75) is 6.54 Å². The SMILES string of the molecule is NC(=O)NN=Cc1ccc(Cn2ccnc2)cc1. The van der Waals surface area contributed by atoms with Gasteiger partial charge in [0.15, 0.2) is 0 Å². The standard InChI is InChI=1S/C12H13N5O/c13-12(18)16-15-7-10-1-3-11(4-2-10)8-17-6-5-14-9-17/h1-7,9H,8H2,(H3,13,16,18). The molecule has 0 radical (unpaired) electrons. The smallest absolute Gasteiger partial charge is 0.332 e. The quantitative estimate of drug-likeness (QED) is 0.618. The Morgan fingerprint density at radius 1 is 1.44 bits per heavy atom. The highest BCUT2D eigenvalue weighted by molar-refractivity contribution is 5.81. The van der Waals surface area contributed by atoms with E-state index in [0.29, 0.717) is 0 Å². The summed E-state index contributed by atoms with van der Waals surface area (Å²) < 4.78 is 1.98. The Morgan fingerprint density at radius 3 is 2.83 bits per heavy atom. The third-order valence-corrected chi connectivity index (χ3v) is 2.29. The van der Waals surface area contributed by atoms with Crippen molar-refractivity contribution in [2.75, 3.05) is 0 Å². The predicted octanol–water partition coefficient (Wildman–Crippen LogP) is 0.934. The molecule has 1 heterocycles. The van der Waals surface area contributed by atoms with E-state index in [1.54, 1.807) is 12.5 Å². The lowest BCUT2D eigenvalue weighted by Gasteiger charge is -2.02. The monoisotopic (exact) mass is 243 g/mol. The Morgan fingerprint density at radius 2 is 2.22 bits per heavy atom. The molecule has 2 aromatic rings. The Kier molecular flexibility index (Phi) is 3.70. The van der Waals surface area contributed by atoms with Gasteiger partial charge in [0.1, 0.15) is 0 Å². The average Bonchev–Trinajstić information content (AvgIpc) is 2.84. The van der Waals surface area contributed by atoms with E-state index in [2.05, 4.69) is 15.5 Å². The van der Waals surface area contributed by atoms with Crippen molar-refractivity contribution in [3.05, 3.63) is 54.1 Å². The molecule has 0 aliphatic rings. The van der Waals surface area contributed by atoms with Crippen molar-refractivity contribution in [3.8, 4) is 0 Å². The minimum atomic E-state index is -0.678. The fourth-order valence-electron chi connectivity index (χ4n) is 1.47. The van der Waals surface area contributed by atoms with Crippen LogP contribution in [0.15, 0.2) is 48.1 Å². The molecule has 1 aromatic carbocycles. The molecule has 0 spiro atoms. The minimum Gasteiger partial charge on any atom is -0.350 e. The van der Waals surface area contributed by atoms with Gasteiger partial charge in [-0.15, -0.1) is 0 Å². The highest BCUT2D eigenvalue weighted by Crippen LogP contribution is 2.04. The first-order valence-corrected chi connectivity index (χ1v) is 5.37. The molecule has 6 nitrogen and oxygen atoms in total. The fraction of sp³-hybridized carbons (Fsp3) is 0.0833. The number of nitrogens with one attached hydrogen (secondary N) is 1. The number of amides is 2. The topological polar surface area (TPSA) is 85.3 Å². The second-order valence-corrected chi connectivity index (χ2v) is 3.71. The van der Waals surface area contributed by atoms with Gasteiger partial charge in [0, 0.05) is 18.9 Å². The van der Waals surface area contributed by atoms with Gasteiger partial charge in [0.05, 0.1) is 12.5 Å². The lowest BCUT2D eigenvalue weighted by atomic mass is 10.1. The van der Waals surface area contributed by atoms with Gasteiger partial charge in [-0.2, -0.15) is 5.10 Å². The molecule has 0 bridgehead atoms. The van der Waals surface area contributed by atoms with Crippen molar-refractivity contribution in [2.24, 2.45) is 10.8 Å². The molecule has 0 fully saturated rings. The van der Waals surface area contributed by atoms with E-state index < -0.39 is 6.03 Å². The van der Waals surface area contributed by atoms with Crippen LogP contribution < -0.4 is 11.2 Å². The number of urea groups is 1. The van der Waals surface area contributed by atoms with E-state index in [-0.39, 0.29) is 0 Å². The zero-order valence-corrected chi connectivity index (χ0v) is 9.65. The Labute approximate surface area is 104 Å². The minimum absolute atomic E-state index is 0.678. The van der Waals surface area contributed by atoms with E-state index in [9.17, 15) is 4.79 Å². The molecule has 2 rings (SSSR count). The molecule has 92 valence electrons. The first-order chi connectivity index (χ1) is 8.74. The average molecular weight is 243 g/mol. The van der Waals surface area contributed by atoms with E-state index in [1.807, 2.05) is 35.0 Å². The van der Waals surface area contributed by atoms with Crippen molar-refractivity contribution in [1.82, 2.24) is 15.0 Å². The lowest BCUT2D eigenvalue weighted by Crippen LogP contribution is -2.24. The summed E-state index contributed by atoms with van der Waals surface area (Å²) in [5.41, 5.74) is 9.07. The maximum absolute atomic E-state index is 10.4. The van der Waals surface area contributed by atoms with Crippen LogP contribution in [0, 0.1) is 0 Å². The third kappa shape index (κ3) is 3.44. The number of carbonyl (C=O) groups is 1. The number of imidazole rings is 1. The summed E-state index contributed by atoms with van der Waals surface area (Å²) in [6, 6.07) is 7.14. The van der Waals surface area contributed by atoms with Crippen molar-refractivity contribution in [3.63, 3.8) is 0 Å². The number of aromatic nitrogens is 2. The number of hydrazone groups is 1. The molecular weight excluding hydrogens is 230 g/mol. The van der Waals surface area contributed by atoms with Gasteiger partial charge in [0.2, 0.25) is 0 Å². The molecule has 0 atom stereocenters. The Hall–Kier alpha value is -2.63. The summed E-state index contributed by atoms with van der Waals surface area (Å²) in [5, 5.41) is 3.68. The van der Waals surface area contributed by atoms with Gasteiger partial charge in [0.25, 0.3) is 0 Å². The number of benzene rings is 1. The molecule has 2 amide bonds. The summed E-state index contributed by atoms with van der Waals surface area (Å²) in [4.78, 5) is 14.4. The summed E-state index contributed by atoms with van der Waals surface area (Å²) >= 11 is 0. The van der Waals surface area contributed by atoms with Crippen molar-refractivity contribution >= 4 is 12.2 Å². The number of hydrogen-bond donors (Lipinski definition) is 2. The number of carbonyl (C=O) groups excluding carboxylic acids is 1. The second-order valence-electron chi connectivity index (χ2n) is 3.71. The predicted molar refractivity (Wildman–Crippen MR) is 68.1 cm³/mol. The molecular formula is C12H13N5O. The molecule has 0 saturated carbocycles. The molecule has 1 aromatic heterocycles. The summed E-state index contributed by atoms with van der Waals surface area (Å²) in [6.45, 7) is 0.775. The summed E-state index contributed by atoms with van der Waals surface area (Å²) in [5.74, 6) is 0. The van der Waals surface area contributed by atoms with E-state index in [0.717, 1.165) is 17.7 Å². The van der Waals surface area contributed by atoms with Gasteiger partial charge in [-0.25, -0.2) is 15.2 Å². The maximum Gasteiger partial charge on any atom is 0.332 e. The number of hydrogen-bond acceptors (Lipinski definition) is 3. The molecule has 18 heavy (non-hydrogen) atoms. The second kappa shape index (κ2) is 5.62. The van der Waals surface area contributed by atoms with Crippen LogP contribution in [-0.4, -0.2) is 21.8 Å². The van der Waals surface area contributed by atoms with Crippen LogP contribution >= 0.6 is 0 Å². The highest BCUT2D eigenvalue weighted by atomic mass is 16.2. The van der Waals surface area contributed by atoms with Crippen molar-refractivity contribution < 1.29 is 4.79 Å². The molecule has 0 unspecified atom stereocenters. The summed E-state index contributed by atoms with van der Waals surface area (Å²) in [7, 11) is 0. The van der Waals surface area contributed by atoms with Crippen LogP contribution in [0.2, 0.25) is 0 Å². The van der Waals surface area contributed by atoms with Crippen LogP contribution in [0.4, 0.5) is 4.79 Å². The van der Waals surface area contributed by atoms with Crippen LogP contribution in [-0.2, 0) is 6.54 Å². The number of nitrogens with zero attached hydrogens (tertiary/aromatic N) is 3. The van der Waals surface area contributed by atoms with Crippen LogP contribution in [0.25, 0.3) is 0 Å². The normalized spacial score (nSPS) is 10.7. The molecule has 6 heteroatoms. The molecule has 0 aliphatic carbocycles. The van der Waals surface area contributed by atoms with Crippen LogP contribution in [0.1, 0.15) is 11.1 Å². The highest BCUT2D eigenvalue weighted by Gasteiger charge is 1.95. The van der Waals surface area contributed by atoms with E-state index in [1.165, 1.54) is 6.21 Å². The molecule has 0 saturated heterocycles. The first kappa shape index (κ1) is 11.8. The Balaban J connectivity index is 1.97. The number of rotatable bonds is 4. The number of primary amides is 1. The first-order valence-electron chi connectivity index (χ1n) is 5.37. The zero-order chi connectivity index (χ0) is 12.8. The van der Waals surface area contributed by atoms with E-state index >= 15 is 0 Å². The fourth-order valence-corrected chi connectivity index (χ4v) is 1.47. The van der Waals surface area contributed by atoms with Gasteiger partial charge < -0.3 is 10.3 Å². The number of nitrogens with two attached hydrogens (primary N) is 1.